The first kappa shape index (κ1) is 8.90. The maximum absolute atomic E-state index is 5.68. The van der Waals surface area contributed by atoms with Crippen LogP contribution in [0.15, 0.2) is 36.5 Å². The van der Waals surface area contributed by atoms with Crippen LogP contribution in [0.25, 0.3) is 0 Å². The zero-order valence-corrected chi connectivity index (χ0v) is 7.85. The summed E-state index contributed by atoms with van der Waals surface area (Å²) in [5.41, 5.74) is 0. The maximum Gasteiger partial charge on any atom is 0.240 e. The minimum Gasteiger partial charge on any atom is -0.419 e. The van der Waals surface area contributed by atoms with Gasteiger partial charge in [-0.15, -0.1) is 5.10 Å². The number of nitrogens with zero attached hydrogens (tertiary/aromatic N) is 3. The summed E-state index contributed by atoms with van der Waals surface area (Å²) in [7, 11) is 0. The average molecular weight is 208 g/mol. The second kappa shape index (κ2) is 4.02. The largest absolute Gasteiger partial charge is 0.419 e. The third-order valence-electron chi connectivity index (χ3n) is 1.45. The van der Waals surface area contributed by atoms with Crippen LogP contribution in [0.2, 0.25) is 5.15 Å². The maximum atomic E-state index is 5.68. The molecule has 0 unspecified atom stereocenters. The second-order valence-corrected chi connectivity index (χ2v) is 2.85. The van der Waals surface area contributed by atoms with Crippen molar-refractivity contribution >= 4 is 11.6 Å². The van der Waals surface area contributed by atoms with Crippen LogP contribution in [-0.2, 0) is 0 Å². The van der Waals surface area contributed by atoms with E-state index in [0.717, 1.165) is 0 Å². The Morgan fingerprint density at radius 3 is 2.64 bits per heavy atom. The molecule has 0 saturated heterocycles. The molecule has 0 bridgehead atoms. The van der Waals surface area contributed by atoms with Gasteiger partial charge in [-0.05, 0) is 12.1 Å². The van der Waals surface area contributed by atoms with Gasteiger partial charge in [0.2, 0.25) is 11.8 Å². The molecule has 0 aliphatic carbocycles. The first-order valence-electron chi connectivity index (χ1n) is 3.93. The van der Waals surface area contributed by atoms with E-state index in [1.54, 1.807) is 36.5 Å². The zero-order chi connectivity index (χ0) is 9.80. The van der Waals surface area contributed by atoms with Gasteiger partial charge in [-0.25, -0.2) is 4.98 Å². The van der Waals surface area contributed by atoms with Crippen LogP contribution in [-0.4, -0.2) is 15.2 Å². The van der Waals surface area contributed by atoms with Crippen LogP contribution in [0, 0.1) is 0 Å². The number of halogens is 1. The molecule has 0 aromatic carbocycles. The van der Waals surface area contributed by atoms with Crippen molar-refractivity contribution in [1.29, 1.82) is 0 Å². The minimum absolute atomic E-state index is 0.381. The van der Waals surface area contributed by atoms with Crippen molar-refractivity contribution in [2.24, 2.45) is 0 Å². The third-order valence-corrected chi connectivity index (χ3v) is 1.66. The number of rotatable bonds is 2. The van der Waals surface area contributed by atoms with E-state index >= 15 is 0 Å². The Morgan fingerprint density at radius 1 is 1.07 bits per heavy atom. The molecule has 5 heteroatoms. The van der Waals surface area contributed by atoms with E-state index in [1.807, 2.05) is 0 Å². The summed E-state index contributed by atoms with van der Waals surface area (Å²) in [5.74, 6) is 0.792. The lowest BCUT2D eigenvalue weighted by Crippen LogP contribution is -1.91. The van der Waals surface area contributed by atoms with Gasteiger partial charge in [0.05, 0.1) is 0 Å². The molecule has 0 radical (unpaired) electrons. The molecule has 2 aromatic heterocycles. The molecular weight excluding hydrogens is 202 g/mol. The summed E-state index contributed by atoms with van der Waals surface area (Å²) in [6.45, 7) is 0. The Morgan fingerprint density at radius 2 is 1.93 bits per heavy atom. The van der Waals surface area contributed by atoms with Crippen LogP contribution < -0.4 is 4.74 Å². The predicted octanol–water partition coefficient (Wildman–Crippen LogP) is 2.32. The summed E-state index contributed by atoms with van der Waals surface area (Å²) >= 11 is 5.68. The standard InChI is InChI=1S/C9H6ClN3O/c10-7-3-1-4-8(12-7)14-9-5-2-6-11-13-9/h1-6H. The topological polar surface area (TPSA) is 47.9 Å². The normalized spacial score (nSPS) is 9.79. The molecule has 0 amide bonds. The van der Waals surface area contributed by atoms with Gasteiger partial charge in [-0.2, -0.15) is 5.10 Å². The molecule has 0 aliphatic rings. The van der Waals surface area contributed by atoms with E-state index in [9.17, 15) is 0 Å². The Hall–Kier alpha value is -1.68. The molecule has 0 saturated carbocycles. The summed E-state index contributed by atoms with van der Waals surface area (Å²) in [4.78, 5) is 3.94. The summed E-state index contributed by atoms with van der Waals surface area (Å²) in [5, 5.41) is 7.80. The SMILES string of the molecule is Clc1cccc(Oc2cccnn2)n1. The van der Waals surface area contributed by atoms with Gasteiger partial charge in [-0.3, -0.25) is 0 Å². The van der Waals surface area contributed by atoms with Crippen molar-refractivity contribution in [2.45, 2.75) is 0 Å². The van der Waals surface area contributed by atoms with Crippen LogP contribution >= 0.6 is 11.6 Å². The number of pyridine rings is 1. The van der Waals surface area contributed by atoms with Crippen molar-refractivity contribution in [3.8, 4) is 11.8 Å². The molecule has 0 atom stereocenters. The van der Waals surface area contributed by atoms with E-state index in [2.05, 4.69) is 15.2 Å². The highest BCUT2D eigenvalue weighted by Crippen LogP contribution is 2.17. The molecule has 2 rings (SSSR count). The molecule has 0 fully saturated rings. The number of ether oxygens (including phenoxy) is 1. The van der Waals surface area contributed by atoms with Crippen molar-refractivity contribution in [3.05, 3.63) is 41.7 Å². The molecule has 0 N–H and O–H groups in total. The monoisotopic (exact) mass is 207 g/mol. The predicted molar refractivity (Wildman–Crippen MR) is 51.4 cm³/mol. The fourth-order valence-electron chi connectivity index (χ4n) is 0.895. The fraction of sp³-hybridized carbons (Fsp3) is 0. The van der Waals surface area contributed by atoms with Crippen LogP contribution in [0.4, 0.5) is 0 Å². The Kier molecular flexibility index (Phi) is 2.55. The van der Waals surface area contributed by atoms with Gasteiger partial charge in [-0.1, -0.05) is 17.7 Å². The quantitative estimate of drug-likeness (QED) is 0.709. The van der Waals surface area contributed by atoms with Crippen LogP contribution in [0.3, 0.4) is 0 Å². The van der Waals surface area contributed by atoms with E-state index in [1.165, 1.54) is 0 Å². The zero-order valence-electron chi connectivity index (χ0n) is 7.09. The van der Waals surface area contributed by atoms with E-state index in [0.29, 0.717) is 16.9 Å². The first-order chi connectivity index (χ1) is 6.84. The van der Waals surface area contributed by atoms with Crippen molar-refractivity contribution in [1.82, 2.24) is 15.2 Å². The van der Waals surface area contributed by atoms with Gasteiger partial charge in [0.1, 0.15) is 5.15 Å². The molecule has 70 valence electrons. The van der Waals surface area contributed by atoms with Crippen molar-refractivity contribution in [3.63, 3.8) is 0 Å². The minimum atomic E-state index is 0.381. The lowest BCUT2D eigenvalue weighted by atomic mass is 10.5. The van der Waals surface area contributed by atoms with E-state index < -0.39 is 0 Å². The van der Waals surface area contributed by atoms with Gasteiger partial charge in [0.25, 0.3) is 0 Å². The second-order valence-electron chi connectivity index (χ2n) is 2.46. The van der Waals surface area contributed by atoms with Gasteiger partial charge >= 0.3 is 0 Å². The molecule has 2 aromatic rings. The first-order valence-corrected chi connectivity index (χ1v) is 4.30. The molecular formula is C9H6ClN3O. The molecule has 0 aliphatic heterocycles. The lowest BCUT2D eigenvalue weighted by Gasteiger charge is -2.01. The van der Waals surface area contributed by atoms with Crippen molar-refractivity contribution < 1.29 is 4.74 Å². The molecule has 0 spiro atoms. The van der Waals surface area contributed by atoms with Crippen molar-refractivity contribution in [2.75, 3.05) is 0 Å². The molecule has 2 heterocycles. The van der Waals surface area contributed by atoms with Crippen LogP contribution in [0.5, 0.6) is 11.8 Å². The lowest BCUT2D eigenvalue weighted by molar-refractivity contribution is 0.438. The summed E-state index contributed by atoms with van der Waals surface area (Å²) < 4.78 is 5.29. The summed E-state index contributed by atoms with van der Waals surface area (Å²) in [6, 6.07) is 8.54. The highest BCUT2D eigenvalue weighted by atomic mass is 35.5. The molecule has 4 nitrogen and oxygen atoms in total. The summed E-state index contributed by atoms with van der Waals surface area (Å²) in [6.07, 6.45) is 1.57. The van der Waals surface area contributed by atoms with Gasteiger partial charge in [0.15, 0.2) is 0 Å². The highest BCUT2D eigenvalue weighted by molar-refractivity contribution is 6.29. The Labute approximate surface area is 85.5 Å². The fourth-order valence-corrected chi connectivity index (χ4v) is 1.05. The number of hydrogen-bond acceptors (Lipinski definition) is 4. The van der Waals surface area contributed by atoms with Gasteiger partial charge in [0, 0.05) is 18.3 Å². The Bertz CT molecular complexity index is 421. The third kappa shape index (κ3) is 2.17. The van der Waals surface area contributed by atoms with Crippen LogP contribution in [0.1, 0.15) is 0 Å². The number of aromatic nitrogens is 3. The van der Waals surface area contributed by atoms with E-state index in [4.69, 9.17) is 16.3 Å². The van der Waals surface area contributed by atoms with E-state index in [-0.39, 0.29) is 0 Å². The van der Waals surface area contributed by atoms with Gasteiger partial charge < -0.3 is 4.74 Å². The number of hydrogen-bond donors (Lipinski definition) is 0. The smallest absolute Gasteiger partial charge is 0.240 e. The average Bonchev–Trinajstić information content (AvgIpc) is 2.19. The molecule has 14 heavy (non-hydrogen) atoms. The highest BCUT2D eigenvalue weighted by Gasteiger charge is 1.99. The Balaban J connectivity index is 2.19.